The van der Waals surface area contributed by atoms with Crippen molar-refractivity contribution in [1.82, 2.24) is 0 Å². The first-order valence-electron chi connectivity index (χ1n) is 6.43. The standard InChI is InChI=1S/C12H16F6O/c13-11(14,15)10(19,12(16,17)18)9-5-4-7-2-1-3-8(7)6-9/h7-9,19H,1-6H2. The van der Waals surface area contributed by atoms with Crippen LogP contribution in [0.4, 0.5) is 26.3 Å². The normalized spacial score (nSPS) is 33.3. The minimum absolute atomic E-state index is 0.102. The van der Waals surface area contributed by atoms with Crippen molar-refractivity contribution >= 4 is 0 Å². The van der Waals surface area contributed by atoms with Gasteiger partial charge in [-0.1, -0.05) is 19.3 Å². The zero-order valence-electron chi connectivity index (χ0n) is 10.2. The Labute approximate surface area is 107 Å². The van der Waals surface area contributed by atoms with E-state index in [1.165, 1.54) is 0 Å². The largest absolute Gasteiger partial charge is 0.426 e. The lowest BCUT2D eigenvalue weighted by atomic mass is 9.69. The van der Waals surface area contributed by atoms with Crippen LogP contribution in [0, 0.1) is 17.8 Å². The molecule has 0 radical (unpaired) electrons. The van der Waals surface area contributed by atoms with Crippen molar-refractivity contribution in [2.75, 3.05) is 0 Å². The summed E-state index contributed by atoms with van der Waals surface area (Å²) in [5.74, 6) is -1.64. The van der Waals surface area contributed by atoms with Gasteiger partial charge in [0.05, 0.1) is 0 Å². The number of rotatable bonds is 1. The van der Waals surface area contributed by atoms with E-state index in [0.29, 0.717) is 12.8 Å². The zero-order valence-corrected chi connectivity index (χ0v) is 10.2. The molecule has 0 aromatic heterocycles. The Morgan fingerprint density at radius 3 is 1.79 bits per heavy atom. The molecule has 0 aromatic rings. The minimum Gasteiger partial charge on any atom is -0.373 e. The van der Waals surface area contributed by atoms with Crippen molar-refractivity contribution in [2.45, 2.75) is 56.5 Å². The Morgan fingerprint density at radius 1 is 0.737 bits per heavy atom. The molecule has 1 nitrogen and oxygen atoms in total. The van der Waals surface area contributed by atoms with Crippen molar-refractivity contribution in [3.05, 3.63) is 0 Å². The van der Waals surface area contributed by atoms with Gasteiger partial charge in [-0.25, -0.2) is 0 Å². The maximum atomic E-state index is 12.8. The molecule has 2 aliphatic carbocycles. The summed E-state index contributed by atoms with van der Waals surface area (Å²) in [6, 6.07) is 0. The predicted molar refractivity (Wildman–Crippen MR) is 55.2 cm³/mol. The summed E-state index contributed by atoms with van der Waals surface area (Å²) in [6.07, 6.45) is -8.98. The minimum atomic E-state index is -5.68. The molecule has 1 N–H and O–H groups in total. The molecule has 0 heterocycles. The average molecular weight is 290 g/mol. The molecule has 112 valence electrons. The fourth-order valence-electron chi connectivity index (χ4n) is 3.71. The van der Waals surface area contributed by atoms with E-state index in [4.69, 9.17) is 0 Å². The molecule has 0 saturated heterocycles. The van der Waals surface area contributed by atoms with Crippen LogP contribution in [-0.4, -0.2) is 23.1 Å². The van der Waals surface area contributed by atoms with Gasteiger partial charge in [-0.05, 0) is 31.1 Å². The van der Waals surface area contributed by atoms with Gasteiger partial charge >= 0.3 is 12.4 Å². The Kier molecular flexibility index (Phi) is 3.56. The number of hydrogen-bond donors (Lipinski definition) is 1. The van der Waals surface area contributed by atoms with Crippen LogP contribution in [0.3, 0.4) is 0 Å². The van der Waals surface area contributed by atoms with Gasteiger partial charge in [-0.2, -0.15) is 26.3 Å². The topological polar surface area (TPSA) is 20.2 Å². The number of alkyl halides is 6. The van der Waals surface area contributed by atoms with Gasteiger partial charge in [0.1, 0.15) is 0 Å². The van der Waals surface area contributed by atoms with Gasteiger partial charge in [0.15, 0.2) is 0 Å². The lowest BCUT2D eigenvalue weighted by Crippen LogP contribution is -2.62. The van der Waals surface area contributed by atoms with Crippen LogP contribution >= 0.6 is 0 Å². The molecule has 2 rings (SSSR count). The van der Waals surface area contributed by atoms with E-state index in [-0.39, 0.29) is 24.7 Å². The van der Waals surface area contributed by atoms with Crippen molar-refractivity contribution in [3.8, 4) is 0 Å². The maximum absolute atomic E-state index is 12.8. The van der Waals surface area contributed by atoms with Crippen molar-refractivity contribution < 1.29 is 31.4 Å². The Hall–Kier alpha value is -0.460. The van der Waals surface area contributed by atoms with E-state index in [0.717, 1.165) is 12.8 Å². The molecule has 2 fully saturated rings. The predicted octanol–water partition coefficient (Wildman–Crippen LogP) is 4.06. The highest BCUT2D eigenvalue weighted by Gasteiger charge is 2.73. The highest BCUT2D eigenvalue weighted by atomic mass is 19.4. The molecule has 0 aliphatic heterocycles. The number of fused-ring (bicyclic) bond motifs is 1. The second-order valence-corrected chi connectivity index (χ2v) is 5.72. The van der Waals surface area contributed by atoms with Crippen LogP contribution in [0.15, 0.2) is 0 Å². The molecule has 7 heteroatoms. The van der Waals surface area contributed by atoms with E-state index in [1.807, 2.05) is 0 Å². The van der Waals surface area contributed by atoms with Gasteiger partial charge < -0.3 is 5.11 Å². The van der Waals surface area contributed by atoms with Crippen LogP contribution in [0.5, 0.6) is 0 Å². The summed E-state index contributed by atoms with van der Waals surface area (Å²) in [4.78, 5) is 0. The molecule has 3 unspecified atom stereocenters. The molecule has 2 saturated carbocycles. The molecule has 19 heavy (non-hydrogen) atoms. The monoisotopic (exact) mass is 290 g/mol. The first-order valence-corrected chi connectivity index (χ1v) is 6.43. The summed E-state index contributed by atoms with van der Waals surface area (Å²) >= 11 is 0. The molecular weight excluding hydrogens is 274 g/mol. The number of halogens is 6. The maximum Gasteiger partial charge on any atom is 0.426 e. The highest BCUT2D eigenvalue weighted by Crippen LogP contribution is 2.55. The van der Waals surface area contributed by atoms with Gasteiger partial charge in [-0.3, -0.25) is 0 Å². The summed E-state index contributed by atoms with van der Waals surface area (Å²) in [5.41, 5.74) is -4.56. The van der Waals surface area contributed by atoms with Crippen LogP contribution in [0.2, 0.25) is 0 Å². The zero-order chi connectivity index (χ0) is 14.5. The average Bonchev–Trinajstić information content (AvgIpc) is 2.71. The smallest absolute Gasteiger partial charge is 0.373 e. The fourth-order valence-corrected chi connectivity index (χ4v) is 3.71. The van der Waals surface area contributed by atoms with E-state index in [1.54, 1.807) is 0 Å². The third-order valence-corrected chi connectivity index (χ3v) is 4.74. The molecule has 3 atom stereocenters. The number of hydrogen-bond acceptors (Lipinski definition) is 1. The summed E-state index contributed by atoms with van der Waals surface area (Å²) in [5, 5.41) is 9.38. The van der Waals surface area contributed by atoms with Gasteiger partial charge in [0.25, 0.3) is 5.60 Å². The molecule has 0 amide bonds. The Bertz CT molecular complexity index is 320. The summed E-state index contributed by atoms with van der Waals surface area (Å²) in [6.45, 7) is 0. The second-order valence-electron chi connectivity index (χ2n) is 5.72. The van der Waals surface area contributed by atoms with Crippen LogP contribution in [0.25, 0.3) is 0 Å². The first kappa shape index (κ1) is 14.9. The van der Waals surface area contributed by atoms with Gasteiger partial charge in [0.2, 0.25) is 0 Å². The molecular formula is C12H16F6O. The van der Waals surface area contributed by atoms with Crippen LogP contribution < -0.4 is 0 Å². The second kappa shape index (κ2) is 4.53. The van der Waals surface area contributed by atoms with E-state index in [9.17, 15) is 31.4 Å². The van der Waals surface area contributed by atoms with Gasteiger partial charge in [0, 0.05) is 5.92 Å². The van der Waals surface area contributed by atoms with E-state index in [2.05, 4.69) is 0 Å². The number of aliphatic hydroxyl groups is 1. The van der Waals surface area contributed by atoms with Crippen molar-refractivity contribution in [2.24, 2.45) is 17.8 Å². The highest BCUT2D eigenvalue weighted by molar-refractivity contribution is 5.02. The van der Waals surface area contributed by atoms with Gasteiger partial charge in [-0.15, -0.1) is 0 Å². The SMILES string of the molecule is OC(C1CCC2CCCC2C1)(C(F)(F)F)C(F)(F)F. The Morgan fingerprint density at radius 2 is 1.26 bits per heavy atom. The fraction of sp³-hybridized carbons (Fsp3) is 1.00. The molecule has 0 spiro atoms. The summed E-state index contributed by atoms with van der Waals surface area (Å²) < 4.78 is 76.6. The van der Waals surface area contributed by atoms with Crippen molar-refractivity contribution in [1.29, 1.82) is 0 Å². The van der Waals surface area contributed by atoms with Crippen LogP contribution in [0.1, 0.15) is 38.5 Å². The Balaban J connectivity index is 2.25. The van der Waals surface area contributed by atoms with E-state index < -0.39 is 23.9 Å². The van der Waals surface area contributed by atoms with Crippen molar-refractivity contribution in [3.63, 3.8) is 0 Å². The third-order valence-electron chi connectivity index (χ3n) is 4.74. The molecule has 0 aromatic carbocycles. The summed E-state index contributed by atoms with van der Waals surface area (Å²) in [7, 11) is 0. The van der Waals surface area contributed by atoms with Crippen LogP contribution in [-0.2, 0) is 0 Å². The quantitative estimate of drug-likeness (QED) is 0.722. The third kappa shape index (κ3) is 2.34. The van der Waals surface area contributed by atoms with E-state index >= 15 is 0 Å². The lowest BCUT2D eigenvalue weighted by Gasteiger charge is -2.43. The molecule has 0 bridgehead atoms. The lowest BCUT2D eigenvalue weighted by molar-refractivity contribution is -0.388. The first-order chi connectivity index (χ1) is 8.57. The molecule has 2 aliphatic rings.